The minimum absolute atomic E-state index is 0.0292. The topological polar surface area (TPSA) is 290 Å². The molecule has 274 valence electrons. The van der Waals surface area contributed by atoms with Crippen molar-refractivity contribution in [3.8, 4) is 74.4 Å². The SMILES string of the molecule is O=c1cc(-c2ccc(O)c(Oc3cc(O)c4c(=O)c(O[C@@H]5O[C@H](CO)[C@@H](O)[C@H](O)[C@H]5O)c(-c5ccc(O)c(O)c5)oc4c3)c2)oc2cc(O)cc(O)c12. The van der Waals surface area contributed by atoms with Gasteiger partial charge >= 0.3 is 0 Å². The Bertz CT molecular complexity index is 2520. The van der Waals surface area contributed by atoms with Crippen LogP contribution in [-0.4, -0.2) is 88.4 Å². The predicted octanol–water partition coefficient (Wildman–Crippen LogP) is 2.44. The number of phenolic OH excluding ortho intramolecular Hbond substituents is 6. The first-order valence-electron chi connectivity index (χ1n) is 15.6. The molecule has 1 aliphatic rings. The van der Waals surface area contributed by atoms with E-state index in [1.54, 1.807) is 0 Å². The molecule has 0 bridgehead atoms. The number of ether oxygens (including phenoxy) is 3. The van der Waals surface area contributed by atoms with E-state index in [0.717, 1.165) is 42.5 Å². The highest BCUT2D eigenvalue weighted by molar-refractivity contribution is 5.89. The van der Waals surface area contributed by atoms with Gasteiger partial charge in [-0.1, -0.05) is 0 Å². The fourth-order valence-corrected chi connectivity index (χ4v) is 5.83. The highest BCUT2D eigenvalue weighted by Gasteiger charge is 2.45. The molecular weight excluding hydrogens is 704 g/mol. The van der Waals surface area contributed by atoms with Gasteiger partial charge in [0, 0.05) is 41.5 Å². The summed E-state index contributed by atoms with van der Waals surface area (Å²) in [5.74, 6) is -4.71. The molecule has 0 spiro atoms. The van der Waals surface area contributed by atoms with E-state index in [1.165, 1.54) is 24.3 Å². The summed E-state index contributed by atoms with van der Waals surface area (Å²) in [6.45, 7) is -0.802. The van der Waals surface area contributed by atoms with Crippen molar-refractivity contribution in [1.29, 1.82) is 0 Å². The second kappa shape index (κ2) is 13.2. The van der Waals surface area contributed by atoms with Gasteiger partial charge in [-0.2, -0.15) is 0 Å². The summed E-state index contributed by atoms with van der Waals surface area (Å²) >= 11 is 0. The van der Waals surface area contributed by atoms with E-state index in [0.29, 0.717) is 0 Å². The summed E-state index contributed by atoms with van der Waals surface area (Å²) < 4.78 is 28.6. The maximum absolute atomic E-state index is 14.0. The second-order valence-corrected chi connectivity index (χ2v) is 12.0. The number of aliphatic hydroxyl groups excluding tert-OH is 4. The van der Waals surface area contributed by atoms with Crippen molar-refractivity contribution in [3.63, 3.8) is 0 Å². The normalized spacial score (nSPS) is 20.1. The minimum atomic E-state index is -1.95. The van der Waals surface area contributed by atoms with E-state index in [4.69, 9.17) is 23.0 Å². The Hall–Kier alpha value is -6.50. The summed E-state index contributed by atoms with van der Waals surface area (Å²) in [6.07, 6.45) is -8.83. The predicted molar refractivity (Wildman–Crippen MR) is 180 cm³/mol. The van der Waals surface area contributed by atoms with Gasteiger partial charge in [-0.3, -0.25) is 9.59 Å². The van der Waals surface area contributed by atoms with E-state index in [9.17, 15) is 60.7 Å². The number of aromatic hydroxyl groups is 6. The maximum Gasteiger partial charge on any atom is 0.239 e. The van der Waals surface area contributed by atoms with Crippen molar-refractivity contribution in [2.75, 3.05) is 6.61 Å². The summed E-state index contributed by atoms with van der Waals surface area (Å²) in [6, 6.07) is 12.6. The third kappa shape index (κ3) is 6.24. The summed E-state index contributed by atoms with van der Waals surface area (Å²) in [5.41, 5.74) is -1.99. The quantitative estimate of drug-likeness (QED) is 0.105. The Morgan fingerprint density at radius 2 is 1.34 bits per heavy atom. The lowest BCUT2D eigenvalue weighted by atomic mass is 9.99. The average molecular weight is 733 g/mol. The van der Waals surface area contributed by atoms with Crippen molar-refractivity contribution in [2.24, 2.45) is 0 Å². The number of hydrogen-bond donors (Lipinski definition) is 10. The fourth-order valence-electron chi connectivity index (χ4n) is 5.83. The highest BCUT2D eigenvalue weighted by atomic mass is 16.7. The van der Waals surface area contributed by atoms with Gasteiger partial charge in [-0.25, -0.2) is 0 Å². The van der Waals surface area contributed by atoms with Gasteiger partial charge in [0.2, 0.25) is 17.5 Å². The Balaban J connectivity index is 1.31. The van der Waals surface area contributed by atoms with E-state index in [-0.39, 0.29) is 50.7 Å². The van der Waals surface area contributed by atoms with Crippen LogP contribution in [0.15, 0.2) is 85.2 Å². The molecule has 1 saturated heterocycles. The summed E-state index contributed by atoms with van der Waals surface area (Å²) in [7, 11) is 0. The Morgan fingerprint density at radius 3 is 2.08 bits per heavy atom. The van der Waals surface area contributed by atoms with Crippen LogP contribution in [0.1, 0.15) is 0 Å². The van der Waals surface area contributed by atoms with Crippen LogP contribution in [0.25, 0.3) is 44.6 Å². The first kappa shape index (κ1) is 34.9. The van der Waals surface area contributed by atoms with Crippen molar-refractivity contribution in [3.05, 3.63) is 87.2 Å². The van der Waals surface area contributed by atoms with Gasteiger partial charge in [0.25, 0.3) is 0 Å². The lowest BCUT2D eigenvalue weighted by molar-refractivity contribution is -0.277. The van der Waals surface area contributed by atoms with Gasteiger partial charge in [0.1, 0.15) is 75.1 Å². The Morgan fingerprint density at radius 1 is 0.642 bits per heavy atom. The molecule has 0 saturated carbocycles. The van der Waals surface area contributed by atoms with Gasteiger partial charge in [0.15, 0.2) is 34.2 Å². The molecule has 17 heteroatoms. The first-order valence-corrected chi connectivity index (χ1v) is 15.6. The molecular formula is C36H28O17. The number of phenols is 6. The van der Waals surface area contributed by atoms with Crippen molar-refractivity contribution >= 4 is 21.9 Å². The van der Waals surface area contributed by atoms with E-state index < -0.39 is 93.8 Å². The Labute approximate surface area is 294 Å². The van der Waals surface area contributed by atoms with Gasteiger partial charge < -0.3 is 74.1 Å². The van der Waals surface area contributed by atoms with E-state index in [2.05, 4.69) is 0 Å². The number of aliphatic hydroxyl groups is 4. The largest absolute Gasteiger partial charge is 0.508 e. The standard InChI is InChI=1S/C36H28O17/c37-12-27-30(45)32(47)33(48)36(52-27)53-35-31(46)29-21(43)9-16(10-26(29)51-34(35)14-2-3-17(39)19(41)5-14)49-24-6-13(1-4-18(24)40)23-11-22(44)28-20(42)7-15(38)8-25(28)50-23/h1-11,27,30,32-33,36-43,45,47-48H,12H2/t27-,30-,32+,33-,36+/m1/s1. The molecule has 1 aliphatic heterocycles. The van der Waals surface area contributed by atoms with Crippen molar-refractivity contribution in [1.82, 2.24) is 0 Å². The van der Waals surface area contributed by atoms with E-state index >= 15 is 0 Å². The van der Waals surface area contributed by atoms with Crippen LogP contribution in [0.2, 0.25) is 0 Å². The molecule has 0 unspecified atom stereocenters. The van der Waals surface area contributed by atoms with Crippen LogP contribution < -0.4 is 20.3 Å². The molecule has 0 radical (unpaired) electrons. The number of hydrogen-bond acceptors (Lipinski definition) is 17. The number of rotatable bonds is 7. The molecule has 6 aromatic rings. The molecule has 53 heavy (non-hydrogen) atoms. The van der Waals surface area contributed by atoms with Crippen LogP contribution >= 0.6 is 0 Å². The molecule has 7 rings (SSSR count). The molecule has 5 atom stereocenters. The van der Waals surface area contributed by atoms with Crippen molar-refractivity contribution in [2.45, 2.75) is 30.7 Å². The lowest BCUT2D eigenvalue weighted by Crippen LogP contribution is -2.60. The van der Waals surface area contributed by atoms with Gasteiger partial charge in [-0.05, 0) is 36.4 Å². The highest BCUT2D eigenvalue weighted by Crippen LogP contribution is 2.42. The first-order chi connectivity index (χ1) is 25.2. The molecule has 10 N–H and O–H groups in total. The molecule has 17 nitrogen and oxygen atoms in total. The molecule has 0 aliphatic carbocycles. The van der Waals surface area contributed by atoms with Crippen molar-refractivity contribution < 1.29 is 74.1 Å². The molecule has 3 heterocycles. The third-order valence-electron chi connectivity index (χ3n) is 8.49. The van der Waals surface area contributed by atoms with Crippen LogP contribution in [0, 0.1) is 0 Å². The minimum Gasteiger partial charge on any atom is -0.508 e. The third-order valence-corrected chi connectivity index (χ3v) is 8.49. The van der Waals surface area contributed by atoms with Crippen LogP contribution in [0.3, 0.4) is 0 Å². The van der Waals surface area contributed by atoms with Crippen LogP contribution in [0.4, 0.5) is 0 Å². The molecule has 4 aromatic carbocycles. The summed E-state index contributed by atoms with van der Waals surface area (Å²) in [4.78, 5) is 26.7. The lowest BCUT2D eigenvalue weighted by Gasteiger charge is -2.39. The molecule has 2 aromatic heterocycles. The van der Waals surface area contributed by atoms with Crippen LogP contribution in [0.5, 0.6) is 51.7 Å². The zero-order valence-electron chi connectivity index (χ0n) is 26.8. The van der Waals surface area contributed by atoms with E-state index in [1.807, 2.05) is 0 Å². The van der Waals surface area contributed by atoms with Crippen LogP contribution in [-0.2, 0) is 4.74 Å². The van der Waals surface area contributed by atoms with Gasteiger partial charge in [-0.15, -0.1) is 0 Å². The Kier molecular flexibility index (Phi) is 8.72. The zero-order valence-corrected chi connectivity index (χ0v) is 26.8. The zero-order chi connectivity index (χ0) is 37.9. The maximum atomic E-state index is 14.0. The van der Waals surface area contributed by atoms with Gasteiger partial charge in [0.05, 0.1) is 6.61 Å². The molecule has 1 fully saturated rings. The monoisotopic (exact) mass is 732 g/mol. The number of benzene rings is 4. The molecule has 0 amide bonds. The number of fused-ring (bicyclic) bond motifs is 2. The summed E-state index contributed by atoms with van der Waals surface area (Å²) in [5, 5.41) is 102. The second-order valence-electron chi connectivity index (χ2n) is 12.0. The fraction of sp³-hybridized carbons (Fsp3) is 0.167. The smallest absolute Gasteiger partial charge is 0.239 e. The average Bonchev–Trinajstić information content (AvgIpc) is 3.10.